The van der Waals surface area contributed by atoms with Crippen LogP contribution in [-0.2, 0) is 5.41 Å². The van der Waals surface area contributed by atoms with Crippen molar-refractivity contribution in [3.63, 3.8) is 0 Å². The molecule has 0 spiro atoms. The number of nitrogen functional groups attached to an aromatic ring is 1. The highest BCUT2D eigenvalue weighted by atomic mass is 79.9. The van der Waals surface area contributed by atoms with Crippen LogP contribution in [0.1, 0.15) is 26.6 Å². The van der Waals surface area contributed by atoms with Crippen molar-refractivity contribution in [1.29, 1.82) is 0 Å². The Balaban J connectivity index is 2.39. The molecule has 1 heterocycles. The summed E-state index contributed by atoms with van der Waals surface area (Å²) >= 11 is 9.49. The van der Waals surface area contributed by atoms with Crippen molar-refractivity contribution in [2.45, 2.75) is 26.2 Å². The number of ether oxygens (including phenoxy) is 1. The number of nitrogens with two attached hydrogens (primary N) is 1. The van der Waals surface area contributed by atoms with Crippen LogP contribution in [0.4, 0.5) is 5.82 Å². The molecule has 0 amide bonds. The van der Waals surface area contributed by atoms with Crippen LogP contribution in [0.3, 0.4) is 0 Å². The maximum absolute atomic E-state index is 6.14. The molecule has 0 fully saturated rings. The molecule has 0 saturated carbocycles. The van der Waals surface area contributed by atoms with Gasteiger partial charge in [0.15, 0.2) is 0 Å². The van der Waals surface area contributed by atoms with E-state index in [4.69, 9.17) is 22.2 Å². The van der Waals surface area contributed by atoms with E-state index in [2.05, 4.69) is 31.3 Å². The second kappa shape index (κ2) is 6.17. The molecule has 0 saturated heterocycles. The largest absolute Gasteiger partial charge is 0.437 e. The molecular formula is C14H16BrClN4O. The highest BCUT2D eigenvalue weighted by molar-refractivity contribution is 9.10. The third kappa shape index (κ3) is 4.06. The predicted octanol–water partition coefficient (Wildman–Crippen LogP) is 4.27. The number of aromatic nitrogens is 2. The van der Waals surface area contributed by atoms with Crippen LogP contribution in [0, 0.1) is 0 Å². The molecule has 7 heteroatoms. The standard InChI is InChI=1S/C14H16BrClN4O/c1-14(2,3)13-18-11(20-17)7-12(19-13)21-10-5-4-8(15)6-9(10)16/h4-7H,17H2,1-3H3,(H,18,19,20). The van der Waals surface area contributed by atoms with Crippen molar-refractivity contribution in [2.75, 3.05) is 5.43 Å². The van der Waals surface area contributed by atoms with Crippen molar-refractivity contribution >= 4 is 33.3 Å². The summed E-state index contributed by atoms with van der Waals surface area (Å²) in [6.07, 6.45) is 0. The normalized spacial score (nSPS) is 11.3. The van der Waals surface area contributed by atoms with Crippen LogP contribution >= 0.6 is 27.5 Å². The zero-order valence-corrected chi connectivity index (χ0v) is 14.3. The van der Waals surface area contributed by atoms with Crippen molar-refractivity contribution in [3.05, 3.63) is 39.6 Å². The second-order valence-corrected chi connectivity index (χ2v) is 6.81. The third-order valence-electron chi connectivity index (χ3n) is 2.63. The Morgan fingerprint density at radius 3 is 2.52 bits per heavy atom. The van der Waals surface area contributed by atoms with Gasteiger partial charge in [0.25, 0.3) is 0 Å². The summed E-state index contributed by atoms with van der Waals surface area (Å²) in [6.45, 7) is 6.04. The van der Waals surface area contributed by atoms with Crippen molar-refractivity contribution in [1.82, 2.24) is 9.97 Å². The van der Waals surface area contributed by atoms with Crippen LogP contribution < -0.4 is 16.0 Å². The summed E-state index contributed by atoms with van der Waals surface area (Å²) < 4.78 is 6.62. The number of nitrogens with zero attached hydrogens (tertiary/aromatic N) is 2. The molecule has 0 unspecified atom stereocenters. The van der Waals surface area contributed by atoms with Gasteiger partial charge in [-0.2, -0.15) is 4.98 Å². The number of hydrazine groups is 1. The monoisotopic (exact) mass is 370 g/mol. The maximum Gasteiger partial charge on any atom is 0.224 e. The number of rotatable bonds is 3. The van der Waals surface area contributed by atoms with Crippen LogP contribution in [0.2, 0.25) is 5.02 Å². The van der Waals surface area contributed by atoms with Gasteiger partial charge < -0.3 is 10.2 Å². The molecule has 112 valence electrons. The average molecular weight is 372 g/mol. The summed E-state index contributed by atoms with van der Waals surface area (Å²) in [7, 11) is 0. The highest BCUT2D eigenvalue weighted by Gasteiger charge is 2.20. The molecule has 1 aromatic carbocycles. The van der Waals surface area contributed by atoms with Gasteiger partial charge in [-0.1, -0.05) is 48.3 Å². The summed E-state index contributed by atoms with van der Waals surface area (Å²) in [5.41, 5.74) is 2.29. The van der Waals surface area contributed by atoms with Gasteiger partial charge in [-0.3, -0.25) is 0 Å². The molecule has 0 aliphatic carbocycles. The fourth-order valence-corrected chi connectivity index (χ4v) is 2.27. The van der Waals surface area contributed by atoms with Crippen LogP contribution in [0.15, 0.2) is 28.7 Å². The van der Waals surface area contributed by atoms with Gasteiger partial charge in [0.1, 0.15) is 17.4 Å². The van der Waals surface area contributed by atoms with Crippen molar-refractivity contribution in [3.8, 4) is 11.6 Å². The van der Waals surface area contributed by atoms with Gasteiger partial charge >= 0.3 is 0 Å². The van der Waals surface area contributed by atoms with Gasteiger partial charge in [-0.25, -0.2) is 10.8 Å². The van der Waals surface area contributed by atoms with Gasteiger partial charge in [-0.05, 0) is 18.2 Å². The third-order valence-corrected chi connectivity index (χ3v) is 3.42. The average Bonchev–Trinajstić information content (AvgIpc) is 2.40. The first-order chi connectivity index (χ1) is 9.79. The lowest BCUT2D eigenvalue weighted by molar-refractivity contribution is 0.446. The minimum Gasteiger partial charge on any atom is -0.437 e. The van der Waals surface area contributed by atoms with Crippen LogP contribution in [-0.4, -0.2) is 9.97 Å². The van der Waals surface area contributed by atoms with E-state index in [-0.39, 0.29) is 5.41 Å². The van der Waals surface area contributed by atoms with Gasteiger partial charge in [-0.15, -0.1) is 0 Å². The number of hydrogen-bond acceptors (Lipinski definition) is 5. The lowest BCUT2D eigenvalue weighted by Gasteiger charge is -2.18. The lowest BCUT2D eigenvalue weighted by atomic mass is 9.96. The molecule has 0 radical (unpaired) electrons. The Labute approximate surface area is 137 Å². The number of halogens is 2. The Kier molecular flexibility index (Phi) is 4.70. The Morgan fingerprint density at radius 2 is 1.95 bits per heavy atom. The molecule has 5 nitrogen and oxygen atoms in total. The number of hydrogen-bond donors (Lipinski definition) is 2. The SMILES string of the molecule is CC(C)(C)c1nc(NN)cc(Oc2ccc(Br)cc2Cl)n1. The minimum atomic E-state index is -0.228. The first kappa shape index (κ1) is 16.0. The van der Waals surface area contributed by atoms with E-state index in [0.717, 1.165) is 4.47 Å². The molecule has 3 N–H and O–H groups in total. The Hall–Kier alpha value is -1.37. The second-order valence-electron chi connectivity index (χ2n) is 5.49. The van der Waals surface area contributed by atoms with E-state index >= 15 is 0 Å². The van der Waals surface area contributed by atoms with Gasteiger partial charge in [0, 0.05) is 16.0 Å². The lowest BCUT2D eigenvalue weighted by Crippen LogP contribution is -2.19. The van der Waals surface area contributed by atoms with Crippen molar-refractivity contribution in [2.24, 2.45) is 5.84 Å². The van der Waals surface area contributed by atoms with Crippen LogP contribution in [0.5, 0.6) is 11.6 Å². The molecule has 2 aromatic rings. The fraction of sp³-hybridized carbons (Fsp3) is 0.286. The van der Waals surface area contributed by atoms with E-state index in [1.165, 1.54) is 0 Å². The molecule has 21 heavy (non-hydrogen) atoms. The van der Waals surface area contributed by atoms with E-state index < -0.39 is 0 Å². The van der Waals surface area contributed by atoms with Gasteiger partial charge in [0.2, 0.25) is 5.88 Å². The molecule has 0 aliphatic heterocycles. The number of anilines is 1. The highest BCUT2D eigenvalue weighted by Crippen LogP contribution is 2.32. The zero-order chi connectivity index (χ0) is 15.6. The molecular weight excluding hydrogens is 356 g/mol. The Morgan fingerprint density at radius 1 is 1.24 bits per heavy atom. The Bertz CT molecular complexity index is 658. The quantitative estimate of drug-likeness (QED) is 0.622. The predicted molar refractivity (Wildman–Crippen MR) is 87.8 cm³/mol. The molecule has 1 aromatic heterocycles. The van der Waals surface area contributed by atoms with E-state index in [0.29, 0.717) is 28.3 Å². The molecule has 0 bridgehead atoms. The van der Waals surface area contributed by atoms with E-state index in [9.17, 15) is 0 Å². The number of benzene rings is 1. The topological polar surface area (TPSA) is 73.1 Å². The smallest absolute Gasteiger partial charge is 0.224 e. The molecule has 0 atom stereocenters. The van der Waals surface area contributed by atoms with Crippen molar-refractivity contribution < 1.29 is 4.74 Å². The van der Waals surface area contributed by atoms with E-state index in [1.54, 1.807) is 18.2 Å². The maximum atomic E-state index is 6.14. The summed E-state index contributed by atoms with van der Waals surface area (Å²) in [5.74, 6) is 7.45. The zero-order valence-electron chi connectivity index (χ0n) is 11.9. The van der Waals surface area contributed by atoms with Crippen LogP contribution in [0.25, 0.3) is 0 Å². The molecule has 2 rings (SSSR count). The minimum absolute atomic E-state index is 0.228. The first-order valence-electron chi connectivity index (χ1n) is 6.28. The fourth-order valence-electron chi connectivity index (χ4n) is 1.56. The first-order valence-corrected chi connectivity index (χ1v) is 7.46. The molecule has 0 aliphatic rings. The summed E-state index contributed by atoms with van der Waals surface area (Å²) in [4.78, 5) is 8.75. The summed E-state index contributed by atoms with van der Waals surface area (Å²) in [5, 5.41) is 0.488. The number of nitrogens with one attached hydrogen (secondary N) is 1. The summed E-state index contributed by atoms with van der Waals surface area (Å²) in [6, 6.07) is 6.98. The van der Waals surface area contributed by atoms with E-state index in [1.807, 2.05) is 26.8 Å². The van der Waals surface area contributed by atoms with Gasteiger partial charge in [0.05, 0.1) is 5.02 Å².